The lowest BCUT2D eigenvalue weighted by atomic mass is 10.1. The van der Waals surface area contributed by atoms with Crippen molar-refractivity contribution in [3.63, 3.8) is 0 Å². The van der Waals surface area contributed by atoms with Crippen LogP contribution in [0.25, 0.3) is 14.9 Å². The molecule has 0 radical (unpaired) electrons. The van der Waals surface area contributed by atoms with Crippen molar-refractivity contribution in [3.8, 4) is 0 Å². The molecular weight excluding hydrogens is 371 g/mol. The molecule has 11 heteroatoms. The Bertz CT molecular complexity index is 1010. The molecule has 0 spiro atoms. The summed E-state index contributed by atoms with van der Waals surface area (Å²) in [5, 5.41) is 1.06. The Hall–Kier alpha value is -1.69. The molecule has 24 heavy (non-hydrogen) atoms. The molecule has 6 nitrogen and oxygen atoms in total. The fourth-order valence-corrected chi connectivity index (χ4v) is 4.29. The fraction of sp³-hybridized carbons (Fsp3) is 0.231. The first-order valence-electron chi connectivity index (χ1n) is 6.45. The van der Waals surface area contributed by atoms with Gasteiger partial charge in [-0.05, 0) is 34.5 Å². The maximum atomic E-state index is 12.3. The second-order valence-electron chi connectivity index (χ2n) is 5.06. The third-order valence-electron chi connectivity index (χ3n) is 3.33. The smallest absolute Gasteiger partial charge is 0.424 e. The van der Waals surface area contributed by atoms with Crippen LogP contribution in [-0.2, 0) is 24.8 Å². The van der Waals surface area contributed by atoms with Crippen LogP contribution >= 0.6 is 0 Å². The molecule has 1 unspecified atom stereocenters. The Labute approximate surface area is 135 Å². The van der Waals surface area contributed by atoms with Gasteiger partial charge in [0.1, 0.15) is 16.1 Å². The minimum absolute atomic E-state index is 0.00950. The molecule has 0 aromatic heterocycles. The minimum Gasteiger partial charge on any atom is -0.424 e. The van der Waals surface area contributed by atoms with Gasteiger partial charge < -0.3 is 8.86 Å². The van der Waals surface area contributed by atoms with E-state index in [1.807, 2.05) is 4.13 Å². The zero-order valence-electron chi connectivity index (χ0n) is 11.7. The monoisotopic (exact) mass is 380 g/mol. The van der Waals surface area contributed by atoms with E-state index in [1.54, 1.807) is 18.2 Å². The number of hydrogen-bond acceptors (Lipinski definition) is 5. The number of nitrogens with zero attached hydrogens (tertiary/aromatic N) is 1. The number of halogens is 3. The zero-order chi connectivity index (χ0) is 17.8. The Balaban J connectivity index is 1.97. The first-order chi connectivity index (χ1) is 11.0. The summed E-state index contributed by atoms with van der Waals surface area (Å²) in [6.45, 7) is 0.589. The van der Waals surface area contributed by atoms with Crippen LogP contribution < -0.4 is 0 Å². The number of sulfonamides is 2. The van der Waals surface area contributed by atoms with E-state index in [1.165, 1.54) is 6.07 Å². The van der Waals surface area contributed by atoms with Crippen molar-refractivity contribution in [3.05, 3.63) is 46.1 Å². The molecular formula is C13H9F3NO5S2-. The van der Waals surface area contributed by atoms with Gasteiger partial charge in [-0.1, -0.05) is 18.2 Å². The van der Waals surface area contributed by atoms with E-state index >= 15 is 0 Å². The highest BCUT2D eigenvalue weighted by molar-refractivity contribution is 8.12. The van der Waals surface area contributed by atoms with Crippen molar-refractivity contribution < 1.29 is 34.7 Å². The van der Waals surface area contributed by atoms with E-state index in [4.69, 9.17) is 4.74 Å². The van der Waals surface area contributed by atoms with Crippen LogP contribution in [0.15, 0.2) is 41.3 Å². The van der Waals surface area contributed by atoms with Crippen LogP contribution in [0, 0.1) is 0 Å². The van der Waals surface area contributed by atoms with Gasteiger partial charge >= 0.3 is 5.51 Å². The first kappa shape index (κ1) is 17.1. The number of fused-ring (bicyclic) bond motifs is 1. The average Bonchev–Trinajstić information content (AvgIpc) is 3.28. The van der Waals surface area contributed by atoms with Crippen LogP contribution in [0.4, 0.5) is 13.2 Å². The Morgan fingerprint density at radius 1 is 1.00 bits per heavy atom. The maximum absolute atomic E-state index is 12.3. The van der Waals surface area contributed by atoms with Crippen molar-refractivity contribution in [2.24, 2.45) is 0 Å². The summed E-state index contributed by atoms with van der Waals surface area (Å²) in [6.07, 6.45) is -0.00950. The second kappa shape index (κ2) is 5.41. The SMILES string of the molecule is O=S(=O)([N-]S(=O)(=O)C(F)(F)F)c1ccc2cc(C3CO3)ccc2c1. The van der Waals surface area contributed by atoms with Crippen LogP contribution in [0.3, 0.4) is 0 Å². The molecule has 0 aliphatic carbocycles. The van der Waals surface area contributed by atoms with Gasteiger partial charge in [0.2, 0.25) is 0 Å². The van der Waals surface area contributed by atoms with Gasteiger partial charge in [0.05, 0.1) is 6.61 Å². The van der Waals surface area contributed by atoms with E-state index in [2.05, 4.69) is 0 Å². The van der Waals surface area contributed by atoms with Crippen LogP contribution in [0.5, 0.6) is 0 Å². The Kier molecular flexibility index (Phi) is 3.86. The number of epoxide rings is 1. The second-order valence-corrected chi connectivity index (χ2v) is 8.49. The van der Waals surface area contributed by atoms with Gasteiger partial charge in [0, 0.05) is 4.90 Å². The molecule has 1 fully saturated rings. The van der Waals surface area contributed by atoms with Crippen molar-refractivity contribution in [2.75, 3.05) is 6.61 Å². The lowest BCUT2D eigenvalue weighted by Crippen LogP contribution is -2.24. The molecule has 130 valence electrons. The predicted octanol–water partition coefficient (Wildman–Crippen LogP) is 2.82. The molecule has 2 aromatic rings. The highest BCUT2D eigenvalue weighted by Gasteiger charge is 2.40. The molecule has 1 atom stereocenters. The fourth-order valence-electron chi connectivity index (χ4n) is 2.06. The minimum atomic E-state index is -6.15. The summed E-state index contributed by atoms with van der Waals surface area (Å²) in [4.78, 5) is -0.641. The van der Waals surface area contributed by atoms with Gasteiger partial charge in [-0.3, -0.25) is 0 Å². The highest BCUT2D eigenvalue weighted by atomic mass is 32.3. The van der Waals surface area contributed by atoms with Crippen molar-refractivity contribution >= 4 is 30.8 Å². The normalized spacial score (nSPS) is 18.7. The Morgan fingerprint density at radius 3 is 2.17 bits per heavy atom. The van der Waals surface area contributed by atoms with Crippen molar-refractivity contribution in [1.29, 1.82) is 0 Å². The number of benzene rings is 2. The quantitative estimate of drug-likeness (QED) is 0.760. The summed E-state index contributed by atoms with van der Waals surface area (Å²) in [5.74, 6) is 0. The molecule has 0 amide bonds. The van der Waals surface area contributed by atoms with E-state index in [9.17, 15) is 30.0 Å². The topological polar surface area (TPSA) is 94.9 Å². The molecule has 0 saturated carbocycles. The molecule has 1 aliphatic heterocycles. The average molecular weight is 380 g/mol. The zero-order valence-corrected chi connectivity index (χ0v) is 13.3. The number of alkyl halides is 3. The Morgan fingerprint density at radius 2 is 1.58 bits per heavy atom. The molecule has 0 bridgehead atoms. The summed E-state index contributed by atoms with van der Waals surface area (Å²) < 4.78 is 89.7. The molecule has 1 aliphatic rings. The van der Waals surface area contributed by atoms with Gasteiger partial charge in [-0.15, -0.1) is 0 Å². The van der Waals surface area contributed by atoms with Crippen LogP contribution in [0.1, 0.15) is 11.7 Å². The van der Waals surface area contributed by atoms with Crippen LogP contribution in [-0.4, -0.2) is 29.0 Å². The summed E-state index contributed by atoms with van der Waals surface area (Å²) >= 11 is 0. The maximum Gasteiger partial charge on any atom is 0.480 e. The van der Waals surface area contributed by atoms with Crippen molar-refractivity contribution in [1.82, 2.24) is 0 Å². The molecule has 0 N–H and O–H groups in total. The highest BCUT2D eigenvalue weighted by Crippen LogP contribution is 2.35. The van der Waals surface area contributed by atoms with Gasteiger partial charge in [0.25, 0.3) is 0 Å². The van der Waals surface area contributed by atoms with Gasteiger partial charge in [-0.25, -0.2) is 16.8 Å². The predicted molar refractivity (Wildman–Crippen MR) is 78.2 cm³/mol. The first-order valence-corrected chi connectivity index (χ1v) is 9.33. The largest absolute Gasteiger partial charge is 0.480 e. The summed E-state index contributed by atoms with van der Waals surface area (Å²) in [5.41, 5.74) is -4.89. The van der Waals surface area contributed by atoms with E-state index in [0.717, 1.165) is 17.7 Å². The summed E-state index contributed by atoms with van der Waals surface area (Å²) in [7, 11) is -11.2. The van der Waals surface area contributed by atoms with Gasteiger partial charge in [0.15, 0.2) is 10.0 Å². The standard InChI is InChI=1S/C13H9F3NO5S2/c14-13(15,16)24(20,21)17-23(18,19)11-4-3-8-5-10(12-7-22-12)2-1-9(8)6-11/h1-6,12H,7H2/q-1. The molecule has 2 aromatic carbocycles. The lowest BCUT2D eigenvalue weighted by Gasteiger charge is -2.22. The van der Waals surface area contributed by atoms with Gasteiger partial charge in [-0.2, -0.15) is 13.2 Å². The number of hydrogen-bond donors (Lipinski definition) is 0. The van der Waals surface area contributed by atoms with Crippen molar-refractivity contribution in [2.45, 2.75) is 16.5 Å². The van der Waals surface area contributed by atoms with E-state index in [-0.39, 0.29) is 6.10 Å². The van der Waals surface area contributed by atoms with E-state index in [0.29, 0.717) is 17.4 Å². The summed E-state index contributed by atoms with van der Waals surface area (Å²) in [6, 6.07) is 8.46. The van der Waals surface area contributed by atoms with Crippen LogP contribution in [0.2, 0.25) is 0 Å². The third-order valence-corrected chi connectivity index (χ3v) is 6.33. The molecule has 1 heterocycles. The third kappa shape index (κ3) is 3.24. The number of ether oxygens (including phenoxy) is 1. The molecule has 3 rings (SSSR count). The molecule has 1 saturated heterocycles. The number of rotatable bonds is 4. The van der Waals surface area contributed by atoms with E-state index < -0.39 is 30.5 Å². The lowest BCUT2D eigenvalue weighted by molar-refractivity contribution is -0.0425.